The van der Waals surface area contributed by atoms with Gasteiger partial charge >= 0.3 is 0 Å². The molecular weight excluding hydrogens is 210 g/mol. The van der Waals surface area contributed by atoms with E-state index in [4.69, 9.17) is 0 Å². The number of nitrogens with zero attached hydrogens (tertiary/aromatic N) is 1. The van der Waals surface area contributed by atoms with Gasteiger partial charge in [0.15, 0.2) is 0 Å². The van der Waals surface area contributed by atoms with E-state index in [2.05, 4.69) is 39.6 Å². The van der Waals surface area contributed by atoms with E-state index in [0.29, 0.717) is 22.9 Å². The van der Waals surface area contributed by atoms with Gasteiger partial charge in [-0.25, -0.2) is 0 Å². The van der Waals surface area contributed by atoms with Crippen LogP contribution >= 0.6 is 0 Å². The molecule has 2 aliphatic carbocycles. The van der Waals surface area contributed by atoms with Crippen molar-refractivity contribution in [3.05, 3.63) is 0 Å². The van der Waals surface area contributed by atoms with Gasteiger partial charge in [0.05, 0.1) is 6.10 Å². The average molecular weight is 239 g/mol. The van der Waals surface area contributed by atoms with Gasteiger partial charge in [-0.15, -0.1) is 0 Å². The fourth-order valence-electron chi connectivity index (χ4n) is 3.94. The lowest BCUT2D eigenvalue weighted by Gasteiger charge is -2.56. The Balaban J connectivity index is 2.09. The quantitative estimate of drug-likeness (QED) is 0.800. The summed E-state index contributed by atoms with van der Waals surface area (Å²) in [5.74, 6) is 0. The number of aliphatic hydroxyl groups is 1. The van der Waals surface area contributed by atoms with E-state index in [0.717, 1.165) is 19.3 Å². The summed E-state index contributed by atoms with van der Waals surface area (Å²) in [6.45, 7) is 9.49. The van der Waals surface area contributed by atoms with Crippen molar-refractivity contribution in [1.82, 2.24) is 4.90 Å². The zero-order valence-corrected chi connectivity index (χ0v) is 12.2. The van der Waals surface area contributed by atoms with Crippen molar-refractivity contribution in [2.75, 3.05) is 7.05 Å². The average Bonchev–Trinajstić information content (AvgIpc) is 2.20. The molecule has 0 radical (unpaired) electrons. The molecule has 17 heavy (non-hydrogen) atoms. The Bertz CT molecular complexity index is 285. The Hall–Kier alpha value is -0.0800. The summed E-state index contributed by atoms with van der Waals surface area (Å²) in [4.78, 5) is 2.58. The van der Waals surface area contributed by atoms with Gasteiger partial charge in [0, 0.05) is 12.1 Å². The molecule has 100 valence electrons. The van der Waals surface area contributed by atoms with Crippen molar-refractivity contribution in [3.8, 4) is 0 Å². The summed E-state index contributed by atoms with van der Waals surface area (Å²) >= 11 is 0. The molecule has 2 rings (SSSR count). The van der Waals surface area contributed by atoms with Crippen molar-refractivity contribution in [2.24, 2.45) is 10.8 Å². The number of rotatable bonds is 2. The molecule has 2 saturated carbocycles. The minimum Gasteiger partial charge on any atom is -0.393 e. The van der Waals surface area contributed by atoms with Crippen molar-refractivity contribution >= 4 is 0 Å². The van der Waals surface area contributed by atoms with Gasteiger partial charge in [0.25, 0.3) is 0 Å². The number of aliphatic hydroxyl groups excluding tert-OH is 1. The summed E-state index contributed by atoms with van der Waals surface area (Å²) in [5.41, 5.74) is 0.812. The first kappa shape index (κ1) is 13.4. The zero-order valence-electron chi connectivity index (χ0n) is 12.2. The third-order valence-corrected chi connectivity index (χ3v) is 5.47. The molecule has 0 saturated heterocycles. The Kier molecular flexibility index (Phi) is 3.33. The van der Waals surface area contributed by atoms with E-state index >= 15 is 0 Å². The molecule has 0 aromatic rings. The van der Waals surface area contributed by atoms with Crippen molar-refractivity contribution < 1.29 is 5.11 Å². The fourth-order valence-corrected chi connectivity index (χ4v) is 3.94. The highest BCUT2D eigenvalue weighted by Gasteiger charge is 2.47. The van der Waals surface area contributed by atoms with Crippen LogP contribution in [0.1, 0.15) is 59.8 Å². The maximum atomic E-state index is 9.94. The van der Waals surface area contributed by atoms with Gasteiger partial charge in [0.1, 0.15) is 0 Å². The molecule has 0 spiro atoms. The molecule has 2 fully saturated rings. The smallest absolute Gasteiger partial charge is 0.0555 e. The van der Waals surface area contributed by atoms with E-state index in [1.165, 1.54) is 12.8 Å². The second-order valence-corrected chi connectivity index (χ2v) is 7.64. The van der Waals surface area contributed by atoms with Crippen LogP contribution in [0, 0.1) is 10.8 Å². The second-order valence-electron chi connectivity index (χ2n) is 7.64. The molecule has 2 aliphatic rings. The fraction of sp³-hybridized carbons (Fsp3) is 1.00. The van der Waals surface area contributed by atoms with Crippen molar-refractivity contribution in [1.29, 1.82) is 0 Å². The first-order valence-electron chi connectivity index (χ1n) is 7.14. The van der Waals surface area contributed by atoms with Gasteiger partial charge < -0.3 is 5.11 Å². The lowest BCUT2D eigenvalue weighted by Crippen LogP contribution is -2.59. The summed E-state index contributed by atoms with van der Waals surface area (Å²) < 4.78 is 0. The number of hydrogen-bond donors (Lipinski definition) is 1. The van der Waals surface area contributed by atoms with Crippen LogP contribution in [0.5, 0.6) is 0 Å². The Morgan fingerprint density at radius 2 is 1.47 bits per heavy atom. The normalized spacial score (nSPS) is 40.1. The highest BCUT2D eigenvalue weighted by Crippen LogP contribution is 2.47. The Labute approximate surface area is 106 Å². The summed E-state index contributed by atoms with van der Waals surface area (Å²) in [5, 5.41) is 9.94. The van der Waals surface area contributed by atoms with E-state index in [9.17, 15) is 5.11 Å². The molecule has 3 unspecified atom stereocenters. The maximum Gasteiger partial charge on any atom is 0.0555 e. The first-order valence-corrected chi connectivity index (χ1v) is 7.14. The van der Waals surface area contributed by atoms with E-state index in [1.54, 1.807) is 0 Å². The lowest BCUT2D eigenvalue weighted by atomic mass is 9.64. The topological polar surface area (TPSA) is 23.5 Å². The molecular formula is C15H29NO. The summed E-state index contributed by atoms with van der Waals surface area (Å²) in [7, 11) is 2.27. The van der Waals surface area contributed by atoms with Crippen molar-refractivity contribution in [2.45, 2.75) is 78.0 Å². The third-order valence-electron chi connectivity index (χ3n) is 5.47. The molecule has 2 heteroatoms. The molecule has 1 N–H and O–H groups in total. The number of hydrogen-bond acceptors (Lipinski definition) is 2. The van der Waals surface area contributed by atoms with Gasteiger partial charge in [0.2, 0.25) is 0 Å². The lowest BCUT2D eigenvalue weighted by molar-refractivity contribution is -0.0740. The molecule has 2 nitrogen and oxygen atoms in total. The predicted molar refractivity (Wildman–Crippen MR) is 72.0 cm³/mol. The van der Waals surface area contributed by atoms with E-state index < -0.39 is 0 Å². The van der Waals surface area contributed by atoms with Crippen molar-refractivity contribution in [3.63, 3.8) is 0 Å². The van der Waals surface area contributed by atoms with E-state index in [1.807, 2.05) is 0 Å². The molecule has 0 bridgehead atoms. The van der Waals surface area contributed by atoms with Crippen LogP contribution in [0.2, 0.25) is 0 Å². The molecule has 0 amide bonds. The van der Waals surface area contributed by atoms with Crippen LogP contribution < -0.4 is 0 Å². The van der Waals surface area contributed by atoms with Crippen LogP contribution in [-0.4, -0.2) is 35.2 Å². The molecule has 0 aromatic heterocycles. The summed E-state index contributed by atoms with van der Waals surface area (Å²) in [6.07, 6.45) is 5.67. The van der Waals surface area contributed by atoms with Gasteiger partial charge in [-0.2, -0.15) is 0 Å². The van der Waals surface area contributed by atoms with Gasteiger partial charge in [-0.1, -0.05) is 27.7 Å². The van der Waals surface area contributed by atoms with Crippen LogP contribution in [0.3, 0.4) is 0 Å². The Morgan fingerprint density at radius 1 is 0.941 bits per heavy atom. The SMILES string of the molecule is CN(C1CCC1(C)C)C1CC(O)CCC1(C)C. The highest BCUT2D eigenvalue weighted by atomic mass is 16.3. The molecule has 0 aliphatic heterocycles. The second kappa shape index (κ2) is 4.24. The minimum absolute atomic E-state index is 0.0846. The minimum atomic E-state index is -0.0846. The Morgan fingerprint density at radius 3 is 1.94 bits per heavy atom. The molecule has 3 atom stereocenters. The molecule has 0 heterocycles. The van der Waals surface area contributed by atoms with Gasteiger partial charge in [-0.05, 0) is 50.0 Å². The highest BCUT2D eigenvalue weighted by molar-refractivity contribution is 5.01. The monoisotopic (exact) mass is 239 g/mol. The zero-order chi connectivity index (χ0) is 12.8. The standard InChI is InChI=1S/C15H29NO/c1-14(2)9-7-12(14)16(5)13-10-11(17)6-8-15(13,3)4/h11-13,17H,6-10H2,1-5H3. The van der Waals surface area contributed by atoms with Crippen LogP contribution in [0.4, 0.5) is 0 Å². The van der Waals surface area contributed by atoms with E-state index in [-0.39, 0.29) is 6.10 Å². The third kappa shape index (κ3) is 2.39. The van der Waals surface area contributed by atoms with Crippen LogP contribution in [0.25, 0.3) is 0 Å². The molecule has 0 aromatic carbocycles. The van der Waals surface area contributed by atoms with Crippen LogP contribution in [0.15, 0.2) is 0 Å². The van der Waals surface area contributed by atoms with Crippen LogP contribution in [-0.2, 0) is 0 Å². The maximum absolute atomic E-state index is 9.94. The summed E-state index contributed by atoms with van der Waals surface area (Å²) in [6, 6.07) is 1.24. The largest absolute Gasteiger partial charge is 0.393 e. The predicted octanol–water partition coefficient (Wildman–Crippen LogP) is 3.05. The van der Waals surface area contributed by atoms with Gasteiger partial charge in [-0.3, -0.25) is 4.90 Å². The first-order chi connectivity index (χ1) is 7.74.